The van der Waals surface area contributed by atoms with Crippen LogP contribution in [0.5, 0.6) is 0 Å². The molecule has 1 aromatic rings. The Kier molecular flexibility index (Phi) is 5.30. The van der Waals surface area contributed by atoms with Gasteiger partial charge in [-0.05, 0) is 31.4 Å². The molecular formula is C14H21N3O3S. The van der Waals surface area contributed by atoms with Gasteiger partial charge >= 0.3 is 0 Å². The molecule has 1 fully saturated rings. The van der Waals surface area contributed by atoms with Crippen LogP contribution in [0.1, 0.15) is 25.3 Å². The summed E-state index contributed by atoms with van der Waals surface area (Å²) >= 11 is 0. The number of carbonyl (C=O) groups is 1. The fourth-order valence-corrected chi connectivity index (χ4v) is 3.61. The first-order chi connectivity index (χ1) is 10.0. The monoisotopic (exact) mass is 311 g/mol. The molecule has 116 valence electrons. The highest BCUT2D eigenvalue weighted by atomic mass is 32.2. The van der Waals surface area contributed by atoms with E-state index in [1.165, 1.54) is 4.31 Å². The minimum absolute atomic E-state index is 0.0804. The molecule has 0 bridgehead atoms. The average molecular weight is 311 g/mol. The zero-order valence-corrected chi connectivity index (χ0v) is 13.0. The van der Waals surface area contributed by atoms with Gasteiger partial charge in [0, 0.05) is 32.0 Å². The maximum Gasteiger partial charge on any atom is 0.224 e. The predicted octanol–water partition coefficient (Wildman–Crippen LogP) is 0.759. The van der Waals surface area contributed by atoms with Gasteiger partial charge in [0.15, 0.2) is 0 Å². The fourth-order valence-electron chi connectivity index (χ4n) is 2.43. The molecular weight excluding hydrogens is 290 g/mol. The predicted molar refractivity (Wildman–Crippen MR) is 79.8 cm³/mol. The lowest BCUT2D eigenvalue weighted by Gasteiger charge is -2.30. The van der Waals surface area contributed by atoms with Gasteiger partial charge in [0.1, 0.15) is 0 Å². The van der Waals surface area contributed by atoms with Crippen molar-refractivity contribution in [1.29, 1.82) is 0 Å². The number of piperidine rings is 1. The van der Waals surface area contributed by atoms with E-state index in [1.807, 2.05) is 12.1 Å². The quantitative estimate of drug-likeness (QED) is 0.870. The van der Waals surface area contributed by atoms with Gasteiger partial charge in [-0.2, -0.15) is 0 Å². The molecule has 1 aliphatic rings. The number of pyridine rings is 1. The molecule has 2 rings (SSSR count). The SMILES string of the molecule is CCS(=O)(=O)N1CCC[C@H](C(=O)NCc2cccnc2)C1. The first-order valence-corrected chi connectivity index (χ1v) is 8.78. The summed E-state index contributed by atoms with van der Waals surface area (Å²) in [6.07, 6.45) is 4.84. The summed E-state index contributed by atoms with van der Waals surface area (Å²) in [6, 6.07) is 3.71. The van der Waals surface area contributed by atoms with E-state index in [0.29, 0.717) is 13.1 Å². The molecule has 1 atom stereocenters. The first-order valence-electron chi connectivity index (χ1n) is 7.17. The van der Waals surface area contributed by atoms with Crippen molar-refractivity contribution in [3.63, 3.8) is 0 Å². The zero-order valence-electron chi connectivity index (χ0n) is 12.2. The summed E-state index contributed by atoms with van der Waals surface area (Å²) in [5.41, 5.74) is 0.930. The Hall–Kier alpha value is -1.47. The Labute approximate surface area is 125 Å². The number of amides is 1. The number of aromatic nitrogens is 1. The molecule has 2 heterocycles. The van der Waals surface area contributed by atoms with Crippen molar-refractivity contribution in [3.05, 3.63) is 30.1 Å². The van der Waals surface area contributed by atoms with E-state index in [2.05, 4.69) is 10.3 Å². The average Bonchev–Trinajstić information content (AvgIpc) is 2.53. The van der Waals surface area contributed by atoms with E-state index < -0.39 is 10.0 Å². The van der Waals surface area contributed by atoms with Gasteiger partial charge in [-0.25, -0.2) is 12.7 Å². The Morgan fingerprint density at radius 1 is 1.52 bits per heavy atom. The van der Waals surface area contributed by atoms with Crippen LogP contribution in [0.2, 0.25) is 0 Å². The second-order valence-electron chi connectivity index (χ2n) is 5.18. The number of hydrogen-bond donors (Lipinski definition) is 1. The third-order valence-electron chi connectivity index (χ3n) is 3.70. The second-order valence-corrected chi connectivity index (χ2v) is 7.43. The third-order valence-corrected chi connectivity index (χ3v) is 5.55. The highest BCUT2D eigenvalue weighted by Gasteiger charge is 2.31. The first kappa shape index (κ1) is 15.9. The fraction of sp³-hybridized carbons (Fsp3) is 0.571. The maximum atomic E-state index is 12.2. The Bertz CT molecular complexity index is 574. The molecule has 1 aliphatic heterocycles. The largest absolute Gasteiger partial charge is 0.352 e. The summed E-state index contributed by atoms with van der Waals surface area (Å²) < 4.78 is 25.2. The number of rotatable bonds is 5. The van der Waals surface area contributed by atoms with Crippen molar-refractivity contribution in [2.24, 2.45) is 5.92 Å². The molecule has 6 nitrogen and oxygen atoms in total. The van der Waals surface area contributed by atoms with Crippen LogP contribution < -0.4 is 5.32 Å². The number of sulfonamides is 1. The summed E-state index contributed by atoms with van der Waals surface area (Å²) in [4.78, 5) is 16.2. The summed E-state index contributed by atoms with van der Waals surface area (Å²) in [7, 11) is -3.21. The Balaban J connectivity index is 1.90. The minimum atomic E-state index is -3.21. The lowest BCUT2D eigenvalue weighted by Crippen LogP contribution is -2.45. The maximum absolute atomic E-state index is 12.2. The van der Waals surface area contributed by atoms with Crippen LogP contribution in [0.25, 0.3) is 0 Å². The Morgan fingerprint density at radius 2 is 2.33 bits per heavy atom. The van der Waals surface area contributed by atoms with Crippen LogP contribution in [0.4, 0.5) is 0 Å². The topological polar surface area (TPSA) is 79.4 Å². The van der Waals surface area contributed by atoms with Crippen molar-refractivity contribution in [2.45, 2.75) is 26.3 Å². The number of nitrogens with zero attached hydrogens (tertiary/aromatic N) is 2. The molecule has 1 N–H and O–H groups in total. The number of hydrogen-bond acceptors (Lipinski definition) is 4. The van der Waals surface area contributed by atoms with Crippen molar-refractivity contribution in [1.82, 2.24) is 14.6 Å². The summed E-state index contributed by atoms with van der Waals surface area (Å²) in [6.45, 7) is 2.85. The molecule has 0 aromatic carbocycles. The summed E-state index contributed by atoms with van der Waals surface area (Å²) in [5.74, 6) is -0.275. The van der Waals surface area contributed by atoms with Crippen LogP contribution in [0.3, 0.4) is 0 Å². The van der Waals surface area contributed by atoms with Gasteiger partial charge in [0.05, 0.1) is 11.7 Å². The highest BCUT2D eigenvalue weighted by molar-refractivity contribution is 7.89. The van der Waals surface area contributed by atoms with Crippen LogP contribution in [0, 0.1) is 5.92 Å². The molecule has 0 spiro atoms. The molecule has 7 heteroatoms. The third kappa shape index (κ3) is 4.25. The molecule has 0 saturated carbocycles. The molecule has 1 saturated heterocycles. The van der Waals surface area contributed by atoms with Crippen molar-refractivity contribution < 1.29 is 13.2 Å². The normalized spacial score (nSPS) is 20.1. The number of nitrogens with one attached hydrogen (secondary N) is 1. The van der Waals surface area contributed by atoms with Crippen molar-refractivity contribution in [2.75, 3.05) is 18.8 Å². The lowest BCUT2D eigenvalue weighted by molar-refractivity contribution is -0.126. The van der Waals surface area contributed by atoms with Crippen LogP contribution >= 0.6 is 0 Å². The smallest absolute Gasteiger partial charge is 0.224 e. The molecule has 1 amide bonds. The van der Waals surface area contributed by atoms with Gasteiger partial charge in [0.25, 0.3) is 0 Å². The van der Waals surface area contributed by atoms with Gasteiger partial charge in [-0.3, -0.25) is 9.78 Å². The second kappa shape index (κ2) is 7.00. The summed E-state index contributed by atoms with van der Waals surface area (Å²) in [5, 5.41) is 2.86. The van der Waals surface area contributed by atoms with Gasteiger partial charge in [0.2, 0.25) is 15.9 Å². The van der Waals surface area contributed by atoms with E-state index in [9.17, 15) is 13.2 Å². The van der Waals surface area contributed by atoms with Crippen molar-refractivity contribution >= 4 is 15.9 Å². The van der Waals surface area contributed by atoms with Gasteiger partial charge in [-0.15, -0.1) is 0 Å². The molecule has 21 heavy (non-hydrogen) atoms. The van der Waals surface area contributed by atoms with Crippen molar-refractivity contribution in [3.8, 4) is 0 Å². The van der Waals surface area contributed by atoms with E-state index in [-0.39, 0.29) is 24.1 Å². The van der Waals surface area contributed by atoms with Crippen LogP contribution in [0.15, 0.2) is 24.5 Å². The lowest BCUT2D eigenvalue weighted by atomic mass is 9.99. The number of carbonyl (C=O) groups excluding carboxylic acids is 1. The van der Waals surface area contributed by atoms with Crippen LogP contribution in [-0.2, 0) is 21.4 Å². The van der Waals surface area contributed by atoms with Crippen LogP contribution in [-0.4, -0.2) is 42.5 Å². The van der Waals surface area contributed by atoms with Gasteiger partial charge in [-0.1, -0.05) is 6.07 Å². The zero-order chi connectivity index (χ0) is 15.3. The molecule has 0 aliphatic carbocycles. The minimum Gasteiger partial charge on any atom is -0.352 e. The molecule has 1 aromatic heterocycles. The van der Waals surface area contributed by atoms with Gasteiger partial charge < -0.3 is 5.32 Å². The van der Waals surface area contributed by atoms with E-state index in [0.717, 1.165) is 18.4 Å². The highest BCUT2D eigenvalue weighted by Crippen LogP contribution is 2.19. The van der Waals surface area contributed by atoms with E-state index in [4.69, 9.17) is 0 Å². The molecule has 0 radical (unpaired) electrons. The van der Waals surface area contributed by atoms with E-state index >= 15 is 0 Å². The Morgan fingerprint density at radius 3 is 3.00 bits per heavy atom. The van der Waals surface area contributed by atoms with E-state index in [1.54, 1.807) is 19.3 Å². The standard InChI is InChI=1S/C14H21N3O3S/c1-2-21(19,20)17-8-4-6-13(11-17)14(18)16-10-12-5-3-7-15-9-12/h3,5,7,9,13H,2,4,6,8,10-11H2,1H3,(H,16,18)/t13-/m0/s1. The molecule has 0 unspecified atom stereocenters.